The molecule has 0 radical (unpaired) electrons. The number of carbonyl (C=O) groups excluding carboxylic acids is 2. The van der Waals surface area contributed by atoms with Gasteiger partial charge in [0.2, 0.25) is 10.0 Å². The maximum absolute atomic E-state index is 13.4. The highest BCUT2D eigenvalue weighted by atomic mass is 35.5. The topological polar surface area (TPSA) is 86.8 Å². The first-order valence-corrected chi connectivity index (χ1v) is 12.6. The lowest BCUT2D eigenvalue weighted by Gasteiger charge is -2.34. The maximum Gasteiger partial charge on any atom is 0.251 e. The molecule has 0 aromatic heterocycles. The van der Waals surface area contributed by atoms with E-state index in [9.17, 15) is 18.0 Å². The van der Waals surface area contributed by atoms with Crippen molar-refractivity contribution in [2.45, 2.75) is 58.0 Å². The fourth-order valence-electron chi connectivity index (χ4n) is 5.10. The van der Waals surface area contributed by atoms with Crippen molar-refractivity contribution in [2.75, 3.05) is 19.3 Å². The van der Waals surface area contributed by atoms with Crippen molar-refractivity contribution in [2.24, 2.45) is 11.3 Å². The Labute approximate surface area is 192 Å². The summed E-state index contributed by atoms with van der Waals surface area (Å²) in [5, 5.41) is 3.28. The lowest BCUT2D eigenvalue weighted by molar-refractivity contribution is -0.146. The molecule has 0 aromatic rings. The summed E-state index contributed by atoms with van der Waals surface area (Å²) < 4.78 is 25.7. The minimum Gasteiger partial charge on any atom is -0.354 e. The van der Waals surface area contributed by atoms with E-state index in [2.05, 4.69) is 10.2 Å². The zero-order valence-corrected chi connectivity index (χ0v) is 20.1. The number of unbranched alkanes of at least 4 members (excludes halogenated alkanes) is 2. The number of ketones is 1. The molecule has 3 heterocycles. The molecular weight excluding hydrogens is 438 g/mol. The van der Waals surface area contributed by atoms with E-state index in [-0.39, 0.29) is 24.1 Å². The van der Waals surface area contributed by atoms with Gasteiger partial charge in [0.15, 0.2) is 0 Å². The van der Waals surface area contributed by atoms with Gasteiger partial charge in [-0.1, -0.05) is 32.4 Å². The van der Waals surface area contributed by atoms with E-state index < -0.39 is 33.4 Å². The van der Waals surface area contributed by atoms with Crippen LogP contribution in [-0.4, -0.2) is 60.7 Å². The number of allylic oxidation sites excluding steroid dienone is 4. The van der Waals surface area contributed by atoms with Crippen LogP contribution in [0.5, 0.6) is 0 Å². The summed E-state index contributed by atoms with van der Waals surface area (Å²) in [4.78, 5) is 28.9. The molecule has 174 valence electrons. The van der Waals surface area contributed by atoms with Crippen molar-refractivity contribution in [1.29, 1.82) is 0 Å². The maximum atomic E-state index is 13.4. The summed E-state index contributed by atoms with van der Waals surface area (Å²) in [7, 11) is -3.72. The van der Waals surface area contributed by atoms with Gasteiger partial charge in [0.1, 0.15) is 11.2 Å². The summed E-state index contributed by atoms with van der Waals surface area (Å²) in [6.07, 6.45) is 16.4. The standard InChI is InChI=1S/C22H33N3O4S.ClH/c1-17(2)22(20-18(12-13-23-20)25(21(22)27)30(3,28)29)19(26)11-7-6-10-16-24-14-8-4-5-9-15-24;/h4-5,8-9,14-15,17-18,20,23H,6-7,10-13,16H2,1-3H3;1H. The van der Waals surface area contributed by atoms with Crippen LogP contribution in [0.4, 0.5) is 0 Å². The Morgan fingerprint density at radius 1 is 1.16 bits per heavy atom. The SMILES string of the molecule is CC(C)C1(C(=O)CCCCCN2C=CC=CC=C2)C(=O)N(S(C)(=O)=O)C2CCNC21.Cl. The van der Waals surface area contributed by atoms with E-state index in [1.807, 2.05) is 50.6 Å². The second kappa shape index (κ2) is 10.3. The van der Waals surface area contributed by atoms with Crippen LogP contribution in [0, 0.1) is 11.3 Å². The van der Waals surface area contributed by atoms with Gasteiger partial charge in [-0.05, 0) is 43.9 Å². The molecule has 3 unspecified atom stereocenters. The Morgan fingerprint density at radius 3 is 2.39 bits per heavy atom. The number of nitrogens with one attached hydrogen (secondary N) is 1. The van der Waals surface area contributed by atoms with Crippen LogP contribution in [0.3, 0.4) is 0 Å². The van der Waals surface area contributed by atoms with E-state index in [1.54, 1.807) is 0 Å². The number of carbonyl (C=O) groups is 2. The molecular formula is C22H34ClN3O4S. The molecule has 9 heteroatoms. The molecule has 31 heavy (non-hydrogen) atoms. The molecule has 0 saturated carbocycles. The molecule has 2 saturated heterocycles. The van der Waals surface area contributed by atoms with Crippen molar-refractivity contribution in [3.63, 3.8) is 0 Å². The molecule has 7 nitrogen and oxygen atoms in total. The van der Waals surface area contributed by atoms with Gasteiger partial charge in [-0.25, -0.2) is 12.7 Å². The molecule has 3 rings (SSSR count). The average molecular weight is 472 g/mol. The molecule has 3 atom stereocenters. The van der Waals surface area contributed by atoms with Gasteiger partial charge in [0.05, 0.1) is 18.3 Å². The predicted octanol–water partition coefficient (Wildman–Crippen LogP) is 2.61. The van der Waals surface area contributed by atoms with Crippen molar-refractivity contribution in [3.8, 4) is 0 Å². The van der Waals surface area contributed by atoms with E-state index in [1.165, 1.54) is 0 Å². The zero-order valence-electron chi connectivity index (χ0n) is 18.5. The molecule has 3 aliphatic rings. The van der Waals surface area contributed by atoms with E-state index in [0.717, 1.165) is 29.9 Å². The summed E-state index contributed by atoms with van der Waals surface area (Å²) >= 11 is 0. The Morgan fingerprint density at radius 2 is 1.81 bits per heavy atom. The van der Waals surface area contributed by atoms with Crippen molar-refractivity contribution in [3.05, 3.63) is 36.7 Å². The Kier molecular flexibility index (Phi) is 8.53. The molecule has 0 bridgehead atoms. The zero-order chi connectivity index (χ0) is 21.9. The molecule has 0 spiro atoms. The molecule has 1 N–H and O–H groups in total. The van der Waals surface area contributed by atoms with Crippen LogP contribution in [0.2, 0.25) is 0 Å². The minimum atomic E-state index is -3.72. The first-order valence-electron chi connectivity index (χ1n) is 10.8. The lowest BCUT2D eigenvalue weighted by Crippen LogP contribution is -2.54. The third-order valence-electron chi connectivity index (χ3n) is 6.47. The van der Waals surface area contributed by atoms with E-state index in [4.69, 9.17) is 0 Å². The second-order valence-corrected chi connectivity index (χ2v) is 10.6. The van der Waals surface area contributed by atoms with Crippen LogP contribution in [-0.2, 0) is 19.6 Å². The smallest absolute Gasteiger partial charge is 0.251 e. The largest absolute Gasteiger partial charge is 0.354 e. The van der Waals surface area contributed by atoms with E-state index in [0.29, 0.717) is 25.8 Å². The number of nitrogens with zero attached hydrogens (tertiary/aromatic N) is 2. The monoisotopic (exact) mass is 471 g/mol. The van der Waals surface area contributed by atoms with Crippen molar-refractivity contribution >= 4 is 34.1 Å². The third kappa shape index (κ3) is 4.91. The van der Waals surface area contributed by atoms with Gasteiger partial charge in [0.25, 0.3) is 5.91 Å². The van der Waals surface area contributed by atoms with Crippen LogP contribution in [0.15, 0.2) is 36.7 Å². The quantitative estimate of drug-likeness (QED) is 0.411. The van der Waals surface area contributed by atoms with Gasteiger partial charge in [-0.3, -0.25) is 9.59 Å². The van der Waals surface area contributed by atoms with Gasteiger partial charge in [-0.2, -0.15) is 0 Å². The van der Waals surface area contributed by atoms with E-state index >= 15 is 0 Å². The van der Waals surface area contributed by atoms with Crippen LogP contribution >= 0.6 is 12.4 Å². The summed E-state index contributed by atoms with van der Waals surface area (Å²) in [5.74, 6) is -0.946. The normalized spacial score (nSPS) is 27.5. The molecule has 0 aliphatic carbocycles. The summed E-state index contributed by atoms with van der Waals surface area (Å²) in [6, 6.07) is -0.902. The Hall–Kier alpha value is -1.64. The number of rotatable bonds is 9. The van der Waals surface area contributed by atoms with Gasteiger partial charge in [-0.15, -0.1) is 12.4 Å². The Balaban J connectivity index is 0.00000341. The van der Waals surface area contributed by atoms with Gasteiger partial charge < -0.3 is 10.2 Å². The number of hydrogen-bond donors (Lipinski definition) is 1. The fourth-order valence-corrected chi connectivity index (χ4v) is 6.27. The number of sulfonamides is 1. The fraction of sp³-hybridized carbons (Fsp3) is 0.636. The highest BCUT2D eigenvalue weighted by Gasteiger charge is 2.67. The van der Waals surface area contributed by atoms with Crippen molar-refractivity contribution < 1.29 is 18.0 Å². The third-order valence-corrected chi connectivity index (χ3v) is 7.62. The predicted molar refractivity (Wildman–Crippen MR) is 124 cm³/mol. The van der Waals surface area contributed by atoms with Crippen LogP contribution < -0.4 is 5.32 Å². The molecule has 1 amide bonds. The number of amides is 1. The first kappa shape index (κ1) is 25.6. The molecule has 0 aromatic carbocycles. The number of Topliss-reactive ketones (excluding diaryl/α,β-unsaturated/α-hetero) is 1. The highest BCUT2D eigenvalue weighted by molar-refractivity contribution is 7.89. The van der Waals surface area contributed by atoms with Crippen LogP contribution in [0.1, 0.15) is 46.0 Å². The summed E-state index contributed by atoms with van der Waals surface area (Å²) in [6.45, 7) is 5.18. The lowest BCUT2D eigenvalue weighted by atomic mass is 9.67. The Bertz CT molecular complexity index is 852. The number of hydrogen-bond acceptors (Lipinski definition) is 6. The minimum absolute atomic E-state index is 0. The molecule has 2 fully saturated rings. The summed E-state index contributed by atoms with van der Waals surface area (Å²) in [5.41, 5.74) is -1.30. The number of halogens is 1. The van der Waals surface area contributed by atoms with Gasteiger partial charge in [0, 0.05) is 25.4 Å². The van der Waals surface area contributed by atoms with Crippen molar-refractivity contribution in [1.82, 2.24) is 14.5 Å². The van der Waals surface area contributed by atoms with Gasteiger partial charge >= 0.3 is 0 Å². The van der Waals surface area contributed by atoms with Crippen LogP contribution in [0.25, 0.3) is 0 Å². The average Bonchev–Trinajstić information content (AvgIpc) is 3.09. The second-order valence-electron chi connectivity index (χ2n) is 8.72. The number of fused-ring (bicyclic) bond motifs is 1. The highest BCUT2D eigenvalue weighted by Crippen LogP contribution is 2.48. The molecule has 3 aliphatic heterocycles. The first-order chi connectivity index (χ1) is 14.2.